The van der Waals surface area contributed by atoms with Gasteiger partial charge < -0.3 is 14.4 Å². The van der Waals surface area contributed by atoms with Gasteiger partial charge >= 0.3 is 0 Å². The Morgan fingerprint density at radius 2 is 2.00 bits per heavy atom. The molecule has 1 aliphatic heterocycles. The maximum atomic E-state index is 14.8. The quantitative estimate of drug-likeness (QED) is 0.733. The number of methoxy groups -OCH3 is 1. The fourth-order valence-corrected chi connectivity index (χ4v) is 3.32. The van der Waals surface area contributed by atoms with Crippen molar-refractivity contribution in [2.45, 2.75) is 13.0 Å². The first-order chi connectivity index (χ1) is 14.0. The van der Waals surface area contributed by atoms with Crippen molar-refractivity contribution >= 4 is 5.91 Å². The summed E-state index contributed by atoms with van der Waals surface area (Å²) in [6.45, 7) is 2.80. The second-order valence-corrected chi connectivity index (χ2v) is 6.81. The van der Waals surface area contributed by atoms with Crippen LogP contribution in [0.1, 0.15) is 28.1 Å². The molecule has 0 aliphatic carbocycles. The molecule has 2 aromatic carbocycles. The minimum Gasteiger partial charge on any atom is -0.497 e. The number of nitrogens with zero attached hydrogens (tertiary/aromatic N) is 3. The van der Waals surface area contributed by atoms with Crippen LogP contribution in [0.5, 0.6) is 5.75 Å². The molecule has 7 nitrogen and oxygen atoms in total. The first-order valence-corrected chi connectivity index (χ1v) is 9.29. The Balaban J connectivity index is 1.52. The van der Waals surface area contributed by atoms with Gasteiger partial charge in [0.1, 0.15) is 23.5 Å². The topological polar surface area (TPSA) is 80.3 Å². The summed E-state index contributed by atoms with van der Waals surface area (Å²) in [7, 11) is 1.59. The number of halogens is 1. The molecule has 4 rings (SSSR count). The molecule has 1 aromatic heterocycles. The monoisotopic (exact) mass is 396 g/mol. The molecule has 8 heteroatoms. The molecule has 0 saturated carbocycles. The maximum absolute atomic E-state index is 14.8. The van der Waals surface area contributed by atoms with Gasteiger partial charge in [-0.1, -0.05) is 18.2 Å². The molecule has 3 aromatic rings. The lowest BCUT2D eigenvalue weighted by Crippen LogP contribution is -2.42. The Labute approximate surface area is 167 Å². The number of nitrogens with one attached hydrogen (secondary N) is 1. The number of hydrogen-bond acceptors (Lipinski definition) is 5. The lowest BCUT2D eigenvalue weighted by atomic mass is 10.0. The summed E-state index contributed by atoms with van der Waals surface area (Å²) in [5.74, 6) is 0.969. The van der Waals surface area contributed by atoms with Gasteiger partial charge in [-0.05, 0) is 42.3 Å². The first kappa shape index (κ1) is 19.1. The van der Waals surface area contributed by atoms with E-state index in [0.717, 1.165) is 11.3 Å². The smallest absolute Gasteiger partial charge is 0.257 e. The molecule has 1 amide bonds. The molecule has 150 valence electrons. The molecule has 1 unspecified atom stereocenters. The molecule has 2 heterocycles. The largest absolute Gasteiger partial charge is 0.497 e. The number of benzene rings is 2. The fourth-order valence-electron chi connectivity index (χ4n) is 3.32. The van der Waals surface area contributed by atoms with E-state index in [-0.39, 0.29) is 18.0 Å². The average molecular weight is 396 g/mol. The summed E-state index contributed by atoms with van der Waals surface area (Å²) in [5.41, 5.74) is 1.57. The summed E-state index contributed by atoms with van der Waals surface area (Å²) >= 11 is 0. The number of hydrogen-bond donors (Lipinski definition) is 1. The van der Waals surface area contributed by atoms with E-state index < -0.39 is 11.9 Å². The van der Waals surface area contributed by atoms with Crippen LogP contribution >= 0.6 is 0 Å². The molecular formula is C21H21FN4O3. The van der Waals surface area contributed by atoms with E-state index in [1.165, 1.54) is 12.1 Å². The molecule has 1 atom stereocenters. The summed E-state index contributed by atoms with van der Waals surface area (Å²) in [6.07, 6.45) is -0.431. The summed E-state index contributed by atoms with van der Waals surface area (Å²) in [4.78, 5) is 18.7. The van der Waals surface area contributed by atoms with E-state index in [1.54, 1.807) is 25.0 Å². The van der Waals surface area contributed by atoms with E-state index in [0.29, 0.717) is 30.4 Å². The SMILES string of the molecule is COc1ccc(-c2ccc(C(=O)N3CCOC(c4n[nH]c(C)n4)C3)c(F)c2)cc1. The van der Waals surface area contributed by atoms with Crippen LogP contribution in [-0.2, 0) is 4.74 Å². The van der Waals surface area contributed by atoms with Crippen molar-refractivity contribution in [3.05, 3.63) is 65.5 Å². The van der Waals surface area contributed by atoms with Crippen molar-refractivity contribution in [3.8, 4) is 16.9 Å². The molecule has 29 heavy (non-hydrogen) atoms. The van der Waals surface area contributed by atoms with Gasteiger partial charge in [0.25, 0.3) is 5.91 Å². The van der Waals surface area contributed by atoms with Gasteiger partial charge in [0.2, 0.25) is 0 Å². The van der Waals surface area contributed by atoms with Gasteiger partial charge in [-0.3, -0.25) is 9.89 Å². The van der Waals surface area contributed by atoms with Crippen molar-refractivity contribution < 1.29 is 18.7 Å². The van der Waals surface area contributed by atoms with Crippen LogP contribution < -0.4 is 4.74 Å². The van der Waals surface area contributed by atoms with Crippen molar-refractivity contribution in [1.29, 1.82) is 0 Å². The van der Waals surface area contributed by atoms with Crippen LogP contribution in [0.2, 0.25) is 0 Å². The minimum atomic E-state index is -0.555. The highest BCUT2D eigenvalue weighted by molar-refractivity contribution is 5.95. The van der Waals surface area contributed by atoms with Crippen LogP contribution in [0.25, 0.3) is 11.1 Å². The zero-order valence-electron chi connectivity index (χ0n) is 16.2. The number of aryl methyl sites for hydroxylation is 1. The minimum absolute atomic E-state index is 0.0362. The Bertz CT molecular complexity index is 1020. The highest BCUT2D eigenvalue weighted by atomic mass is 19.1. The van der Waals surface area contributed by atoms with Gasteiger partial charge in [-0.15, -0.1) is 0 Å². The van der Waals surface area contributed by atoms with Crippen LogP contribution in [-0.4, -0.2) is 52.8 Å². The van der Waals surface area contributed by atoms with Gasteiger partial charge in [0.15, 0.2) is 5.82 Å². The lowest BCUT2D eigenvalue weighted by Gasteiger charge is -2.31. The lowest BCUT2D eigenvalue weighted by molar-refractivity contribution is -0.0268. The number of carbonyl (C=O) groups is 1. The molecule has 1 N–H and O–H groups in total. The Kier molecular flexibility index (Phi) is 5.26. The van der Waals surface area contributed by atoms with Crippen molar-refractivity contribution in [2.75, 3.05) is 26.8 Å². The zero-order chi connectivity index (χ0) is 20.4. The van der Waals surface area contributed by atoms with Crippen LogP contribution in [0.4, 0.5) is 4.39 Å². The summed E-state index contributed by atoms with van der Waals surface area (Å²) in [6, 6.07) is 12.0. The normalized spacial score (nSPS) is 16.7. The van der Waals surface area contributed by atoms with Crippen molar-refractivity contribution in [3.63, 3.8) is 0 Å². The number of H-pyrrole nitrogens is 1. The van der Waals surface area contributed by atoms with Crippen LogP contribution in [0.3, 0.4) is 0 Å². The fraction of sp³-hybridized carbons (Fsp3) is 0.286. The third-order valence-electron chi connectivity index (χ3n) is 4.88. The Morgan fingerprint density at radius 3 is 2.66 bits per heavy atom. The van der Waals surface area contributed by atoms with Gasteiger partial charge in [0, 0.05) is 6.54 Å². The van der Waals surface area contributed by atoms with Crippen LogP contribution in [0, 0.1) is 12.7 Å². The summed E-state index contributed by atoms with van der Waals surface area (Å²) < 4.78 is 25.6. The van der Waals surface area contributed by atoms with Gasteiger partial charge in [-0.2, -0.15) is 5.10 Å². The predicted octanol–water partition coefficient (Wildman–Crippen LogP) is 3.14. The number of rotatable bonds is 4. The van der Waals surface area contributed by atoms with E-state index in [1.807, 2.05) is 24.3 Å². The molecule has 1 fully saturated rings. The van der Waals surface area contributed by atoms with E-state index in [9.17, 15) is 9.18 Å². The van der Waals surface area contributed by atoms with Crippen LogP contribution in [0.15, 0.2) is 42.5 Å². The third-order valence-corrected chi connectivity index (χ3v) is 4.88. The Hall–Kier alpha value is -3.26. The zero-order valence-corrected chi connectivity index (χ0v) is 16.2. The number of carbonyl (C=O) groups excluding carboxylic acids is 1. The second kappa shape index (κ2) is 8.00. The maximum Gasteiger partial charge on any atom is 0.257 e. The predicted molar refractivity (Wildman–Crippen MR) is 104 cm³/mol. The van der Waals surface area contributed by atoms with E-state index in [4.69, 9.17) is 9.47 Å². The molecule has 1 saturated heterocycles. The molecular weight excluding hydrogens is 375 g/mol. The van der Waals surface area contributed by atoms with Gasteiger partial charge in [-0.25, -0.2) is 9.37 Å². The van der Waals surface area contributed by atoms with E-state index in [2.05, 4.69) is 15.2 Å². The van der Waals surface area contributed by atoms with Crippen molar-refractivity contribution in [1.82, 2.24) is 20.1 Å². The molecule has 1 aliphatic rings. The first-order valence-electron chi connectivity index (χ1n) is 9.29. The van der Waals surface area contributed by atoms with E-state index >= 15 is 0 Å². The highest BCUT2D eigenvalue weighted by Crippen LogP contribution is 2.26. The molecule has 0 spiro atoms. The second-order valence-electron chi connectivity index (χ2n) is 6.81. The Morgan fingerprint density at radius 1 is 1.24 bits per heavy atom. The molecule has 0 bridgehead atoms. The third kappa shape index (κ3) is 3.97. The van der Waals surface area contributed by atoms with Crippen molar-refractivity contribution in [2.24, 2.45) is 0 Å². The average Bonchev–Trinajstić information content (AvgIpc) is 3.20. The number of amides is 1. The van der Waals surface area contributed by atoms with Gasteiger partial charge in [0.05, 0.1) is 25.8 Å². The highest BCUT2D eigenvalue weighted by Gasteiger charge is 2.29. The number of aromatic nitrogens is 3. The number of aromatic amines is 1. The summed E-state index contributed by atoms with van der Waals surface area (Å²) in [5, 5.41) is 6.87. The number of ether oxygens (including phenoxy) is 2. The number of morpholine rings is 1. The molecule has 0 radical (unpaired) electrons. The standard InChI is InChI=1S/C21H21FN4O3/c1-13-23-20(25-24-13)19-12-26(9-10-29-19)21(27)17-8-5-15(11-18(17)22)14-3-6-16(28-2)7-4-14/h3-8,11,19H,9-10,12H2,1-2H3,(H,23,24,25).